The van der Waals surface area contributed by atoms with E-state index < -0.39 is 0 Å². The van der Waals surface area contributed by atoms with E-state index in [1.54, 1.807) is 0 Å². The van der Waals surface area contributed by atoms with E-state index in [1.165, 1.54) is 30.4 Å². The van der Waals surface area contributed by atoms with Gasteiger partial charge in [0.05, 0.1) is 12.7 Å². The summed E-state index contributed by atoms with van der Waals surface area (Å²) in [4.78, 5) is 12.3. The Morgan fingerprint density at radius 1 is 0.860 bits per heavy atom. The van der Waals surface area contributed by atoms with E-state index in [-0.39, 0.29) is 11.5 Å². The van der Waals surface area contributed by atoms with Gasteiger partial charge in [0.25, 0.3) is 0 Å². The molecule has 242 valence electrons. The number of nitrogens with one attached hydrogen (secondary N) is 2. The molecule has 5 heteroatoms. The number of ketones is 1. The summed E-state index contributed by atoms with van der Waals surface area (Å²) in [6, 6.07) is 7.89. The normalized spacial score (nSPS) is 33.9. The Kier molecular flexibility index (Phi) is 11.0. The quantitative estimate of drug-likeness (QED) is 0.204. The molecule has 0 bridgehead atoms. The average molecular weight is 595 g/mol. The van der Waals surface area contributed by atoms with Gasteiger partial charge in [-0.25, -0.2) is 0 Å². The van der Waals surface area contributed by atoms with E-state index in [2.05, 4.69) is 63.5 Å². The van der Waals surface area contributed by atoms with Crippen LogP contribution in [0, 0.1) is 34.5 Å². The molecule has 4 fully saturated rings. The summed E-state index contributed by atoms with van der Waals surface area (Å²) in [5.74, 6) is 4.05. The predicted molar refractivity (Wildman–Crippen MR) is 176 cm³/mol. The number of hydrogen-bond donors (Lipinski definition) is 3. The standard InChI is InChI=1S/C38H62N2O3/c1-6-29(7-2)39-24-26-20-27(25-40-30(8-3)9-4)22-32(21-26)43-19-18-38-17-15-34-33(35(38)12-13-36(38)42)11-10-28-23-31(41)14-16-37(28,34)5/h20-22,28-30,33-36,39-40,42H,6-19,23-25H2,1-5H3/t28?,33?,34?,35?,36-,37-,38+/m0/s1. The molecule has 0 saturated heterocycles. The monoisotopic (exact) mass is 594 g/mol. The van der Waals surface area contributed by atoms with Crippen molar-refractivity contribution in [3.05, 3.63) is 29.3 Å². The molecule has 0 amide bonds. The highest BCUT2D eigenvalue weighted by atomic mass is 16.5. The second-order valence-electron chi connectivity index (χ2n) is 15.1. The van der Waals surface area contributed by atoms with Gasteiger partial charge in [0, 0.05) is 43.4 Å². The van der Waals surface area contributed by atoms with Crippen LogP contribution in [0.5, 0.6) is 5.75 Å². The van der Waals surface area contributed by atoms with Crippen LogP contribution >= 0.6 is 0 Å². The SMILES string of the molecule is CCC(CC)NCc1cc(CNC(CC)CC)cc(OCC[C@]23CCC4C(CCC5CC(=O)CC[C@@]54C)C2CC[C@@H]3O)c1. The number of hydrogen-bond acceptors (Lipinski definition) is 5. The Balaban J connectivity index is 1.27. The topological polar surface area (TPSA) is 70.6 Å². The lowest BCUT2D eigenvalue weighted by Crippen LogP contribution is -2.55. The number of carbonyl (C=O) groups is 1. The summed E-state index contributed by atoms with van der Waals surface area (Å²) in [5, 5.41) is 19.0. The summed E-state index contributed by atoms with van der Waals surface area (Å²) < 4.78 is 6.61. The van der Waals surface area contributed by atoms with Crippen molar-refractivity contribution in [2.24, 2.45) is 34.5 Å². The second kappa shape index (κ2) is 14.3. The van der Waals surface area contributed by atoms with E-state index in [0.717, 1.165) is 89.5 Å². The largest absolute Gasteiger partial charge is 0.494 e. The minimum absolute atomic E-state index is 0.0106. The van der Waals surface area contributed by atoms with E-state index in [9.17, 15) is 9.90 Å². The highest BCUT2D eigenvalue weighted by Crippen LogP contribution is 2.66. The van der Waals surface area contributed by atoms with Gasteiger partial charge in [-0.05, 0) is 129 Å². The zero-order valence-corrected chi connectivity index (χ0v) is 28.1. The Bertz CT molecular complexity index is 1030. The number of benzene rings is 1. The van der Waals surface area contributed by atoms with Gasteiger partial charge in [-0.1, -0.05) is 40.7 Å². The molecule has 0 radical (unpaired) electrons. The number of rotatable bonds is 14. The molecule has 4 unspecified atom stereocenters. The van der Waals surface area contributed by atoms with Crippen molar-refractivity contribution in [2.75, 3.05) is 6.61 Å². The third-order valence-corrected chi connectivity index (χ3v) is 13.2. The molecule has 0 aromatic heterocycles. The molecule has 4 aliphatic carbocycles. The van der Waals surface area contributed by atoms with Gasteiger partial charge in [0.2, 0.25) is 0 Å². The average Bonchev–Trinajstić information content (AvgIpc) is 3.34. The lowest BCUT2D eigenvalue weighted by atomic mass is 9.44. The van der Waals surface area contributed by atoms with Crippen LogP contribution in [0.15, 0.2) is 18.2 Å². The first kappa shape index (κ1) is 32.9. The van der Waals surface area contributed by atoms with Crippen molar-refractivity contribution in [1.29, 1.82) is 0 Å². The minimum atomic E-state index is -0.212. The summed E-state index contributed by atoms with van der Waals surface area (Å²) in [7, 11) is 0. The third-order valence-electron chi connectivity index (χ3n) is 13.2. The van der Waals surface area contributed by atoms with Crippen molar-refractivity contribution in [3.63, 3.8) is 0 Å². The summed E-state index contributed by atoms with van der Waals surface area (Å²) in [5.41, 5.74) is 2.89. The number of ether oxygens (including phenoxy) is 1. The lowest BCUT2D eigenvalue weighted by molar-refractivity contribution is -0.145. The van der Waals surface area contributed by atoms with E-state index in [0.29, 0.717) is 53.6 Å². The van der Waals surface area contributed by atoms with Crippen LogP contribution in [0.4, 0.5) is 0 Å². The van der Waals surface area contributed by atoms with Crippen LogP contribution in [0.2, 0.25) is 0 Å². The Labute approximate surface area is 262 Å². The fraction of sp³-hybridized carbons (Fsp3) is 0.816. The van der Waals surface area contributed by atoms with Gasteiger partial charge in [0.15, 0.2) is 0 Å². The van der Waals surface area contributed by atoms with Crippen molar-refractivity contribution < 1.29 is 14.6 Å². The van der Waals surface area contributed by atoms with Crippen molar-refractivity contribution >= 4 is 5.78 Å². The van der Waals surface area contributed by atoms with Crippen molar-refractivity contribution in [2.45, 2.75) is 156 Å². The van der Waals surface area contributed by atoms with E-state index >= 15 is 0 Å². The maximum absolute atomic E-state index is 12.3. The van der Waals surface area contributed by atoms with E-state index in [1.807, 2.05) is 0 Å². The smallest absolute Gasteiger partial charge is 0.133 e. The number of Topliss-reactive ketones (excluding diaryl/α,β-unsaturated/α-hetero) is 1. The molecule has 5 rings (SSSR count). The minimum Gasteiger partial charge on any atom is -0.494 e. The fourth-order valence-corrected chi connectivity index (χ4v) is 10.4. The Morgan fingerprint density at radius 3 is 2.14 bits per heavy atom. The maximum atomic E-state index is 12.3. The van der Waals surface area contributed by atoms with Crippen LogP contribution in [0.1, 0.15) is 136 Å². The van der Waals surface area contributed by atoms with Crippen LogP contribution in [-0.4, -0.2) is 35.7 Å². The summed E-state index contributed by atoms with van der Waals surface area (Å²) in [6.07, 6.45) is 14.8. The molecule has 4 saturated carbocycles. The van der Waals surface area contributed by atoms with Crippen LogP contribution < -0.4 is 15.4 Å². The van der Waals surface area contributed by atoms with Gasteiger partial charge in [-0.3, -0.25) is 4.79 Å². The van der Waals surface area contributed by atoms with Crippen LogP contribution in [0.3, 0.4) is 0 Å². The molecule has 5 nitrogen and oxygen atoms in total. The van der Waals surface area contributed by atoms with Gasteiger partial charge >= 0.3 is 0 Å². The fourth-order valence-electron chi connectivity index (χ4n) is 10.4. The molecule has 0 aliphatic heterocycles. The lowest BCUT2D eigenvalue weighted by Gasteiger charge is -2.60. The van der Waals surface area contributed by atoms with E-state index in [4.69, 9.17) is 4.74 Å². The first-order chi connectivity index (χ1) is 20.8. The predicted octanol–water partition coefficient (Wildman–Crippen LogP) is 7.96. The first-order valence-corrected chi connectivity index (χ1v) is 18.2. The molecule has 1 aromatic carbocycles. The van der Waals surface area contributed by atoms with Crippen molar-refractivity contribution in [1.82, 2.24) is 10.6 Å². The molecular formula is C38H62N2O3. The second-order valence-corrected chi connectivity index (χ2v) is 15.1. The zero-order chi connectivity index (χ0) is 30.6. The number of fused-ring (bicyclic) bond motifs is 5. The summed E-state index contributed by atoms with van der Waals surface area (Å²) in [6.45, 7) is 13.9. The number of aliphatic hydroxyl groups is 1. The van der Waals surface area contributed by atoms with Crippen molar-refractivity contribution in [3.8, 4) is 5.75 Å². The maximum Gasteiger partial charge on any atom is 0.133 e. The molecule has 1 aromatic rings. The van der Waals surface area contributed by atoms with Gasteiger partial charge < -0.3 is 20.5 Å². The van der Waals surface area contributed by atoms with Gasteiger partial charge in [0.1, 0.15) is 11.5 Å². The van der Waals surface area contributed by atoms with Crippen LogP contribution in [0.25, 0.3) is 0 Å². The number of carbonyl (C=O) groups excluding carboxylic acids is 1. The van der Waals surface area contributed by atoms with Gasteiger partial charge in [-0.2, -0.15) is 0 Å². The molecule has 0 heterocycles. The van der Waals surface area contributed by atoms with Gasteiger partial charge in [-0.15, -0.1) is 0 Å². The first-order valence-electron chi connectivity index (χ1n) is 18.2. The molecule has 0 spiro atoms. The molecule has 43 heavy (non-hydrogen) atoms. The Morgan fingerprint density at radius 2 is 1.51 bits per heavy atom. The Hall–Kier alpha value is -1.43. The third kappa shape index (κ3) is 6.89. The zero-order valence-electron chi connectivity index (χ0n) is 28.1. The molecular weight excluding hydrogens is 532 g/mol. The number of aliphatic hydroxyl groups excluding tert-OH is 1. The molecule has 4 aliphatic rings. The summed E-state index contributed by atoms with van der Waals surface area (Å²) >= 11 is 0. The highest BCUT2D eigenvalue weighted by Gasteiger charge is 2.61. The van der Waals surface area contributed by atoms with Crippen LogP contribution in [-0.2, 0) is 17.9 Å². The highest BCUT2D eigenvalue weighted by molar-refractivity contribution is 5.79. The molecule has 7 atom stereocenters. The molecule has 3 N–H and O–H groups in total.